The van der Waals surface area contributed by atoms with Crippen LogP contribution in [0.15, 0.2) is 42.5 Å². The van der Waals surface area contributed by atoms with Crippen LogP contribution in [0.1, 0.15) is 41.5 Å². The number of benzene rings is 2. The topological polar surface area (TPSA) is 12.5 Å². The average Bonchev–Trinajstić information content (AvgIpc) is 2.90. The van der Waals surface area contributed by atoms with Gasteiger partial charge in [0.05, 0.1) is 7.11 Å². The molecule has 0 radical (unpaired) electrons. The lowest BCUT2D eigenvalue weighted by molar-refractivity contribution is 0.127. The average molecular weight is 311 g/mol. The van der Waals surface area contributed by atoms with Crippen LogP contribution in [0, 0.1) is 11.7 Å². The summed E-state index contributed by atoms with van der Waals surface area (Å²) in [7, 11) is 3.93. The molecule has 3 atom stereocenters. The van der Waals surface area contributed by atoms with E-state index in [1.807, 2.05) is 12.1 Å². The van der Waals surface area contributed by atoms with Crippen molar-refractivity contribution in [3.05, 3.63) is 65.0 Å². The van der Waals surface area contributed by atoms with Crippen molar-refractivity contribution in [3.63, 3.8) is 0 Å². The maximum Gasteiger partial charge on any atom is 0.123 e. The van der Waals surface area contributed by atoms with Crippen molar-refractivity contribution in [2.45, 2.75) is 24.8 Å². The predicted octanol–water partition coefficient (Wildman–Crippen LogP) is 4.36. The van der Waals surface area contributed by atoms with E-state index in [4.69, 9.17) is 4.74 Å². The molecule has 1 heterocycles. The fraction of sp³-hybridized carbons (Fsp3) is 0.400. The monoisotopic (exact) mass is 311 g/mol. The highest BCUT2D eigenvalue weighted by molar-refractivity contribution is 5.49. The van der Waals surface area contributed by atoms with Crippen molar-refractivity contribution in [1.82, 2.24) is 4.90 Å². The SMILES string of the molecule is COc1ccc2c(c1)C(c1ccc(F)cc1)C1CCCN(C)C21. The zero-order valence-electron chi connectivity index (χ0n) is 13.6. The molecule has 2 nitrogen and oxygen atoms in total. The van der Waals surface area contributed by atoms with Gasteiger partial charge in [0.15, 0.2) is 0 Å². The molecule has 0 bridgehead atoms. The third-order valence-corrected chi connectivity index (χ3v) is 5.53. The first kappa shape index (κ1) is 14.7. The van der Waals surface area contributed by atoms with Gasteiger partial charge in [-0.15, -0.1) is 0 Å². The first-order valence-electron chi connectivity index (χ1n) is 8.32. The van der Waals surface area contributed by atoms with Crippen LogP contribution in [-0.2, 0) is 0 Å². The Balaban J connectivity index is 1.86. The molecular weight excluding hydrogens is 289 g/mol. The van der Waals surface area contributed by atoms with Crippen LogP contribution >= 0.6 is 0 Å². The Morgan fingerprint density at radius 1 is 1.09 bits per heavy atom. The number of fused-ring (bicyclic) bond motifs is 3. The number of methoxy groups -OCH3 is 1. The Labute approximate surface area is 136 Å². The minimum absolute atomic E-state index is 0.171. The lowest BCUT2D eigenvalue weighted by Crippen LogP contribution is -2.34. The quantitative estimate of drug-likeness (QED) is 0.817. The molecule has 1 saturated heterocycles. The van der Waals surface area contributed by atoms with Crippen LogP contribution < -0.4 is 4.74 Å². The molecule has 3 heteroatoms. The number of hydrogen-bond acceptors (Lipinski definition) is 2. The minimum Gasteiger partial charge on any atom is -0.497 e. The second-order valence-corrected chi connectivity index (χ2v) is 6.76. The second-order valence-electron chi connectivity index (χ2n) is 6.76. The second kappa shape index (κ2) is 5.64. The van der Waals surface area contributed by atoms with Crippen molar-refractivity contribution >= 4 is 0 Å². The van der Waals surface area contributed by atoms with E-state index in [1.165, 1.54) is 29.5 Å². The molecule has 1 aliphatic heterocycles. The van der Waals surface area contributed by atoms with E-state index < -0.39 is 0 Å². The number of hydrogen-bond donors (Lipinski definition) is 0. The van der Waals surface area contributed by atoms with Gasteiger partial charge in [-0.2, -0.15) is 0 Å². The Hall–Kier alpha value is -1.87. The highest BCUT2D eigenvalue weighted by Crippen LogP contribution is 2.54. The zero-order chi connectivity index (χ0) is 16.0. The van der Waals surface area contributed by atoms with E-state index in [2.05, 4.69) is 30.1 Å². The summed E-state index contributed by atoms with van der Waals surface area (Å²) in [5.41, 5.74) is 3.97. The lowest BCUT2D eigenvalue weighted by Gasteiger charge is -2.37. The molecule has 0 amide bonds. The number of likely N-dealkylation sites (tertiary alicyclic amines) is 1. The summed E-state index contributed by atoms with van der Waals surface area (Å²) in [6.07, 6.45) is 2.44. The molecule has 1 aliphatic carbocycles. The van der Waals surface area contributed by atoms with Crippen LogP contribution in [0.4, 0.5) is 4.39 Å². The largest absolute Gasteiger partial charge is 0.497 e. The Morgan fingerprint density at radius 3 is 2.61 bits per heavy atom. The summed E-state index contributed by atoms with van der Waals surface area (Å²) in [5.74, 6) is 1.61. The van der Waals surface area contributed by atoms with Crippen molar-refractivity contribution in [2.75, 3.05) is 20.7 Å². The number of piperidine rings is 1. The molecular formula is C20H22FNO. The fourth-order valence-electron chi connectivity index (χ4n) is 4.56. The van der Waals surface area contributed by atoms with Crippen LogP contribution in [0.5, 0.6) is 5.75 Å². The van der Waals surface area contributed by atoms with Crippen LogP contribution in [-0.4, -0.2) is 25.6 Å². The van der Waals surface area contributed by atoms with Gasteiger partial charge in [-0.3, -0.25) is 4.90 Å². The van der Waals surface area contributed by atoms with Crippen molar-refractivity contribution < 1.29 is 9.13 Å². The molecule has 0 aromatic heterocycles. The van der Waals surface area contributed by atoms with Gasteiger partial charge >= 0.3 is 0 Å². The van der Waals surface area contributed by atoms with Crippen molar-refractivity contribution in [1.29, 1.82) is 0 Å². The summed E-state index contributed by atoms with van der Waals surface area (Å²) in [4.78, 5) is 2.48. The maximum atomic E-state index is 13.4. The molecule has 2 aliphatic rings. The third kappa shape index (κ3) is 2.34. The third-order valence-electron chi connectivity index (χ3n) is 5.53. The molecule has 4 rings (SSSR count). The van der Waals surface area contributed by atoms with Gasteiger partial charge in [0, 0.05) is 12.0 Å². The van der Waals surface area contributed by atoms with Crippen LogP contribution in [0.3, 0.4) is 0 Å². The maximum absolute atomic E-state index is 13.4. The molecule has 2 aromatic carbocycles. The Bertz CT molecular complexity index is 712. The smallest absolute Gasteiger partial charge is 0.123 e. The summed E-state index contributed by atoms with van der Waals surface area (Å²) in [5, 5.41) is 0. The first-order chi connectivity index (χ1) is 11.2. The molecule has 2 aromatic rings. The molecule has 0 spiro atoms. The van der Waals surface area contributed by atoms with E-state index in [9.17, 15) is 4.39 Å². The summed E-state index contributed by atoms with van der Waals surface area (Å²) >= 11 is 0. The van der Waals surface area contributed by atoms with E-state index in [1.54, 1.807) is 19.2 Å². The van der Waals surface area contributed by atoms with Crippen molar-refractivity contribution in [3.8, 4) is 5.75 Å². The van der Waals surface area contributed by atoms with E-state index in [0.717, 1.165) is 12.3 Å². The van der Waals surface area contributed by atoms with Crippen LogP contribution in [0.25, 0.3) is 0 Å². The van der Waals surface area contributed by atoms with Gasteiger partial charge in [0.2, 0.25) is 0 Å². The lowest BCUT2D eigenvalue weighted by atomic mass is 9.80. The van der Waals surface area contributed by atoms with Gasteiger partial charge in [-0.1, -0.05) is 18.2 Å². The van der Waals surface area contributed by atoms with Crippen molar-refractivity contribution in [2.24, 2.45) is 5.92 Å². The van der Waals surface area contributed by atoms with Gasteiger partial charge < -0.3 is 4.74 Å². The first-order valence-corrected chi connectivity index (χ1v) is 8.32. The zero-order valence-corrected chi connectivity index (χ0v) is 13.6. The van der Waals surface area contributed by atoms with E-state index in [-0.39, 0.29) is 5.82 Å². The molecule has 120 valence electrons. The molecule has 23 heavy (non-hydrogen) atoms. The van der Waals surface area contributed by atoms with E-state index >= 15 is 0 Å². The van der Waals surface area contributed by atoms with Gasteiger partial charge in [0.1, 0.15) is 11.6 Å². The number of rotatable bonds is 2. The highest BCUT2D eigenvalue weighted by atomic mass is 19.1. The number of ether oxygens (including phenoxy) is 1. The Morgan fingerprint density at radius 2 is 1.87 bits per heavy atom. The minimum atomic E-state index is -0.171. The number of halogens is 1. The molecule has 0 N–H and O–H groups in total. The highest BCUT2D eigenvalue weighted by Gasteiger charge is 2.44. The van der Waals surface area contributed by atoms with Gasteiger partial charge in [0.25, 0.3) is 0 Å². The summed E-state index contributed by atoms with van der Waals surface area (Å²) in [6.45, 7) is 1.14. The molecule has 3 unspecified atom stereocenters. The standard InChI is InChI=1S/C20H22FNO/c1-22-11-3-4-17-19(13-5-7-14(21)8-6-13)18-12-15(23-2)9-10-16(18)20(17)22/h5-10,12,17,19-20H,3-4,11H2,1-2H3. The molecule has 1 fully saturated rings. The predicted molar refractivity (Wildman–Crippen MR) is 89.3 cm³/mol. The normalized spacial score (nSPS) is 26.7. The Kier molecular flexibility index (Phi) is 3.61. The number of nitrogens with zero attached hydrogens (tertiary/aromatic N) is 1. The van der Waals surface area contributed by atoms with Gasteiger partial charge in [-0.05, 0) is 73.3 Å². The van der Waals surface area contributed by atoms with Crippen LogP contribution in [0.2, 0.25) is 0 Å². The summed E-state index contributed by atoms with van der Waals surface area (Å²) < 4.78 is 18.8. The molecule has 0 saturated carbocycles. The van der Waals surface area contributed by atoms with E-state index in [0.29, 0.717) is 17.9 Å². The fourth-order valence-corrected chi connectivity index (χ4v) is 4.56. The van der Waals surface area contributed by atoms with Gasteiger partial charge in [-0.25, -0.2) is 4.39 Å². The summed E-state index contributed by atoms with van der Waals surface area (Å²) in [6, 6.07) is 14.0.